The molecule has 0 aromatic heterocycles. The van der Waals surface area contributed by atoms with Crippen LogP contribution in [0.3, 0.4) is 0 Å². The van der Waals surface area contributed by atoms with Crippen LogP contribution in [0.2, 0.25) is 0 Å². The minimum atomic E-state index is -5.42. The molecule has 0 unspecified atom stereocenters. The first-order chi connectivity index (χ1) is 39.4. The predicted octanol–water partition coefficient (Wildman–Crippen LogP) is 12.3. The summed E-state index contributed by atoms with van der Waals surface area (Å²) in [7, 11) is -20.7. The molecule has 412 valence electrons. The van der Waals surface area contributed by atoms with Crippen LogP contribution in [0.5, 0.6) is 46.0 Å². The second-order valence-electron chi connectivity index (χ2n) is 18.3. The molecular weight excluding hydrogens is 1160 g/mol. The van der Waals surface area contributed by atoms with Crippen LogP contribution < -0.4 is 16.7 Å². The molecule has 0 aliphatic carbocycles. The fourth-order valence-corrected chi connectivity index (χ4v) is 14.0. The van der Waals surface area contributed by atoms with Crippen LogP contribution in [0, 0.1) is 35.4 Å². The van der Waals surface area contributed by atoms with Crippen molar-refractivity contribution in [2.75, 3.05) is 0 Å². The van der Waals surface area contributed by atoms with Crippen molar-refractivity contribution < 1.29 is 70.8 Å². The number of nitrogens with zero attached hydrogens (tertiary/aromatic N) is 8. The Bertz CT molecular complexity index is 5170. The van der Waals surface area contributed by atoms with Gasteiger partial charge in [-0.3, -0.25) is 0 Å². The van der Waals surface area contributed by atoms with Gasteiger partial charge in [0, 0.05) is 79.3 Å². The molecule has 28 heteroatoms. The standard InChI is InChI=1S/C55H32N8O16S4/c1-28-26-45(77-81(70,71)47-12-4-8-37-33(47)17-21-41(61-57)51(37)65)29(2)25-31(28)27-30-15-24-44(76-80(68,69)46-11-3-7-36-32(46)16-20-40(60-56)50(36)64)55(79-83(74,75)49-14-6-10-39-35(49)19-23-43(63-59)53(39)67)54(30)78-82(72,73)48-13-5-9-38-34(48)18-22-42(62-58)52(38)66/h3-26H,27H2,1-2H3/p+4. The summed E-state index contributed by atoms with van der Waals surface area (Å²) in [6.45, 7) is 2.99. The summed E-state index contributed by atoms with van der Waals surface area (Å²) in [5, 5.41) is 80.2. The Kier molecular flexibility index (Phi) is 13.8. The number of rotatable bonds is 14. The van der Waals surface area contributed by atoms with E-state index >= 15 is 0 Å². The molecule has 10 rings (SSSR count). The number of diazo groups is 4. The average molecular weight is 1190 g/mol. The maximum Gasteiger partial charge on any atom is 0.426 e. The van der Waals surface area contributed by atoms with Crippen molar-refractivity contribution in [3.63, 3.8) is 0 Å². The number of phenolic OH excluding ortho intramolecular Hbond substituents is 4. The quantitative estimate of drug-likeness (QED) is 0.0580. The summed E-state index contributed by atoms with van der Waals surface area (Å²) >= 11 is 0. The normalized spacial score (nSPS) is 11.8. The molecule has 0 amide bonds. The van der Waals surface area contributed by atoms with Crippen molar-refractivity contribution in [2.24, 2.45) is 0 Å². The topological polar surface area (TPSA) is 367 Å². The van der Waals surface area contributed by atoms with Crippen molar-refractivity contribution in [1.82, 2.24) is 0 Å². The van der Waals surface area contributed by atoms with Crippen molar-refractivity contribution >= 4 is 106 Å². The Balaban J connectivity index is 1.17. The Morgan fingerprint density at radius 2 is 0.675 bits per heavy atom. The van der Waals surface area contributed by atoms with Gasteiger partial charge >= 0.3 is 63.2 Å². The molecule has 0 heterocycles. The summed E-state index contributed by atoms with van der Waals surface area (Å²) in [6, 6.07) is 28.6. The zero-order valence-electron chi connectivity index (χ0n) is 42.5. The molecule has 0 aliphatic heterocycles. The van der Waals surface area contributed by atoms with E-state index in [9.17, 15) is 75.7 Å². The van der Waals surface area contributed by atoms with Gasteiger partial charge in [-0.25, -0.2) is 0 Å². The third-order valence-electron chi connectivity index (χ3n) is 13.4. The zero-order valence-corrected chi connectivity index (χ0v) is 45.7. The number of phenols is 4. The monoisotopic (exact) mass is 1190 g/mol. The lowest BCUT2D eigenvalue weighted by Gasteiger charge is -2.21. The van der Waals surface area contributed by atoms with Crippen LogP contribution in [0.1, 0.15) is 22.3 Å². The molecule has 0 saturated carbocycles. The van der Waals surface area contributed by atoms with E-state index in [1.54, 1.807) is 0 Å². The average Bonchev–Trinajstić information content (AvgIpc) is 2.34. The van der Waals surface area contributed by atoms with Gasteiger partial charge in [-0.05, 0) is 91.2 Å². The molecule has 0 saturated heterocycles. The maximum absolute atomic E-state index is 15.0. The molecule has 24 nitrogen and oxygen atoms in total. The van der Waals surface area contributed by atoms with E-state index in [2.05, 4.69) is 19.9 Å². The van der Waals surface area contributed by atoms with Crippen molar-refractivity contribution in [2.45, 2.75) is 39.9 Å². The molecule has 0 bridgehead atoms. The van der Waals surface area contributed by atoms with Gasteiger partial charge in [0.2, 0.25) is 50.3 Å². The number of aromatic hydroxyl groups is 4. The lowest BCUT2D eigenvalue weighted by Crippen LogP contribution is -2.18. The molecule has 0 spiro atoms. The fraction of sp³-hybridized carbons (Fsp3) is 0.0545. The van der Waals surface area contributed by atoms with E-state index < -0.39 is 102 Å². The highest BCUT2D eigenvalue weighted by Crippen LogP contribution is 2.49. The van der Waals surface area contributed by atoms with E-state index in [4.69, 9.17) is 16.7 Å². The fourth-order valence-electron chi connectivity index (χ4n) is 9.33. The number of aryl methyl sites for hydroxylation is 2. The van der Waals surface area contributed by atoms with Gasteiger partial charge in [-0.2, -0.15) is 33.7 Å². The maximum atomic E-state index is 15.0. The lowest BCUT2D eigenvalue weighted by molar-refractivity contribution is 0.427. The molecule has 0 radical (unpaired) electrons. The minimum Gasteiger partial charge on any atom is -0.501 e. The summed E-state index contributed by atoms with van der Waals surface area (Å²) < 4.78 is 140. The van der Waals surface area contributed by atoms with Gasteiger partial charge in [0.25, 0.3) is 0 Å². The second kappa shape index (κ2) is 20.7. The first-order valence-electron chi connectivity index (χ1n) is 23.9. The first kappa shape index (κ1) is 55.4. The van der Waals surface area contributed by atoms with Crippen LogP contribution in [0.15, 0.2) is 165 Å². The van der Waals surface area contributed by atoms with Gasteiger partial charge in [-0.15, -0.1) is 0 Å². The van der Waals surface area contributed by atoms with Crippen LogP contribution in [0.4, 0.5) is 22.7 Å². The van der Waals surface area contributed by atoms with Gasteiger partial charge in [0.1, 0.15) is 25.3 Å². The van der Waals surface area contributed by atoms with E-state index in [1.807, 2.05) is 0 Å². The largest absolute Gasteiger partial charge is 0.501 e. The van der Waals surface area contributed by atoms with Gasteiger partial charge < -0.3 is 37.2 Å². The van der Waals surface area contributed by atoms with E-state index in [0.717, 1.165) is 54.6 Å². The van der Waals surface area contributed by atoms with Crippen LogP contribution in [0.25, 0.3) is 63.0 Å². The molecule has 4 N–H and O–H groups in total. The first-order valence-corrected chi connectivity index (χ1v) is 29.5. The predicted molar refractivity (Wildman–Crippen MR) is 298 cm³/mol. The van der Waals surface area contributed by atoms with Gasteiger partial charge in [0.15, 0.2) is 31.4 Å². The second-order valence-corrected chi connectivity index (χ2v) is 24.3. The summed E-state index contributed by atoms with van der Waals surface area (Å²) in [5.41, 5.74) is -0.820. The smallest absolute Gasteiger partial charge is 0.426 e. The van der Waals surface area contributed by atoms with Crippen molar-refractivity contribution in [3.05, 3.63) is 188 Å². The van der Waals surface area contributed by atoms with E-state index in [1.165, 1.54) is 105 Å². The lowest BCUT2D eigenvalue weighted by atomic mass is 9.97. The number of benzene rings is 10. The third kappa shape index (κ3) is 9.81. The zero-order chi connectivity index (χ0) is 59.5. The molecule has 10 aromatic rings. The molecule has 83 heavy (non-hydrogen) atoms. The Morgan fingerprint density at radius 3 is 1.02 bits per heavy atom. The van der Waals surface area contributed by atoms with E-state index in [0.29, 0.717) is 0 Å². The summed E-state index contributed by atoms with van der Waals surface area (Å²) in [5.74, 6) is -5.92. The molecular formula is C55H36N8O16S4+4. The Hall–Kier alpha value is -10.9. The summed E-state index contributed by atoms with van der Waals surface area (Å²) in [4.78, 5) is 9.62. The third-order valence-corrected chi connectivity index (χ3v) is 18.5. The Labute approximate surface area is 469 Å². The number of fused-ring (bicyclic) bond motifs is 4. The molecule has 0 aliphatic rings. The van der Waals surface area contributed by atoms with E-state index in [-0.39, 0.29) is 98.7 Å². The van der Waals surface area contributed by atoms with Crippen LogP contribution in [-0.4, -0.2) is 54.1 Å². The molecule has 10 aromatic carbocycles. The van der Waals surface area contributed by atoms with Gasteiger partial charge in [0.05, 0.1) is 0 Å². The molecule has 0 atom stereocenters. The van der Waals surface area contributed by atoms with Crippen molar-refractivity contribution in [1.29, 1.82) is 21.6 Å². The minimum absolute atomic E-state index is 0.0200. The van der Waals surface area contributed by atoms with Crippen molar-refractivity contribution in [3.8, 4) is 46.0 Å². The number of hydrogen-bond donors (Lipinski definition) is 4. The van der Waals surface area contributed by atoms with Crippen LogP contribution in [-0.2, 0) is 46.9 Å². The van der Waals surface area contributed by atoms with Crippen LogP contribution >= 0.6 is 0 Å². The molecule has 0 fully saturated rings. The number of hydrogen-bond acceptors (Lipinski definition) is 20. The summed E-state index contributed by atoms with van der Waals surface area (Å²) in [6.07, 6.45) is -0.455. The SMILES string of the molecule is Cc1cc(OS(=O)(=O)c2cccc3c(O)c([N+]#N)ccc23)c(C)cc1Cc1ccc(OS(=O)(=O)c2cccc3c(O)c([N+]#N)ccc23)c(OS(=O)(=O)c2cccc3c(O)c([N+]#N)ccc23)c1OS(=O)(=O)c1cccc2c(O)c([N+]#N)ccc12. The Morgan fingerprint density at radius 1 is 0.349 bits per heavy atom. The highest BCUT2D eigenvalue weighted by Gasteiger charge is 2.35. The van der Waals surface area contributed by atoms with Gasteiger partial charge in [-0.1, -0.05) is 60.7 Å². The highest BCUT2D eigenvalue weighted by molar-refractivity contribution is 7.88. The highest BCUT2D eigenvalue weighted by atomic mass is 32.2.